The highest BCUT2D eigenvalue weighted by atomic mass is 35.5. The number of aromatic nitrogens is 2. The minimum atomic E-state index is -3.38. The molecule has 0 atom stereocenters. The number of amides is 1. The summed E-state index contributed by atoms with van der Waals surface area (Å²) in [5.74, 6) is -0.117. The van der Waals surface area contributed by atoms with Crippen LogP contribution in [0.4, 0.5) is 5.69 Å². The standard InChI is InChI=1S/C23H25ClN4O2/c24-17-6-7-20-16(14-17)15-22(29)28(20)18-8-12-26(13-9-18)10-3-11-27-21-5-2-1-4-19(21)25-23(27)30/h1-2,4-7,14,18H,3,8-13,15H2,(H,25,30)/i1D,2D,3D2,4D,5D,10D2,11D2. The molecule has 0 unspecified atom stereocenters. The second kappa shape index (κ2) is 7.93. The molecule has 3 heterocycles. The Hall–Kier alpha value is -2.57. The number of aromatic amines is 1. The van der Waals surface area contributed by atoms with Crippen LogP contribution < -0.4 is 10.6 Å². The van der Waals surface area contributed by atoms with E-state index in [1.165, 1.54) is 0 Å². The largest absolute Gasteiger partial charge is 0.326 e. The van der Waals surface area contributed by atoms with Gasteiger partial charge in [-0.2, -0.15) is 0 Å². The van der Waals surface area contributed by atoms with E-state index in [0.717, 1.165) is 16.2 Å². The van der Waals surface area contributed by atoms with Crippen molar-refractivity contribution in [3.05, 3.63) is 63.4 Å². The van der Waals surface area contributed by atoms with Crippen molar-refractivity contribution < 1.29 is 18.5 Å². The zero-order chi connectivity index (χ0) is 29.5. The molecule has 7 heteroatoms. The summed E-state index contributed by atoms with van der Waals surface area (Å²) >= 11 is 6.06. The lowest BCUT2D eigenvalue weighted by Gasteiger charge is -2.37. The Kier molecular flexibility index (Phi) is 2.95. The first-order valence-corrected chi connectivity index (χ1v) is 9.97. The molecule has 1 aromatic heterocycles. The van der Waals surface area contributed by atoms with Gasteiger partial charge in [0.15, 0.2) is 0 Å². The fraction of sp³-hybridized carbons (Fsp3) is 0.391. The first-order chi connectivity index (χ1) is 18.5. The number of nitrogens with one attached hydrogen (secondary N) is 1. The maximum atomic E-state index is 12.8. The van der Waals surface area contributed by atoms with Crippen LogP contribution in [0.3, 0.4) is 0 Å². The molecular weight excluding hydrogens is 400 g/mol. The van der Waals surface area contributed by atoms with Crippen molar-refractivity contribution in [1.82, 2.24) is 14.5 Å². The molecule has 0 spiro atoms. The van der Waals surface area contributed by atoms with Crippen LogP contribution >= 0.6 is 11.6 Å². The molecule has 0 saturated carbocycles. The number of benzene rings is 2. The Morgan fingerprint density at radius 2 is 1.97 bits per heavy atom. The van der Waals surface area contributed by atoms with Crippen LogP contribution in [-0.2, 0) is 17.7 Å². The van der Waals surface area contributed by atoms with E-state index in [0.29, 0.717) is 5.02 Å². The number of carbonyl (C=O) groups is 1. The number of fused-ring (bicyclic) bond motifs is 2. The van der Waals surface area contributed by atoms with Crippen molar-refractivity contribution in [2.75, 3.05) is 24.5 Å². The zero-order valence-corrected chi connectivity index (χ0v) is 16.6. The zero-order valence-electron chi connectivity index (χ0n) is 25.9. The second-order valence-corrected chi connectivity index (χ2v) is 7.71. The maximum absolute atomic E-state index is 12.8. The highest BCUT2D eigenvalue weighted by Gasteiger charge is 2.34. The van der Waals surface area contributed by atoms with Gasteiger partial charge in [-0.05, 0) is 61.6 Å². The number of para-hydroxylation sites is 2. The number of hydrogen-bond acceptors (Lipinski definition) is 3. The van der Waals surface area contributed by atoms with Crippen LogP contribution in [0.15, 0.2) is 47.2 Å². The monoisotopic (exact) mass is 434 g/mol. The number of H-pyrrole nitrogens is 1. The number of anilines is 1. The van der Waals surface area contributed by atoms with Gasteiger partial charge < -0.3 is 14.8 Å². The summed E-state index contributed by atoms with van der Waals surface area (Å²) in [5, 5.41) is 0.512. The van der Waals surface area contributed by atoms with E-state index < -0.39 is 60.3 Å². The smallest absolute Gasteiger partial charge is 0.309 e. The Morgan fingerprint density at radius 1 is 1.17 bits per heavy atom. The molecular formula is C23H25ClN4O2. The average molecular weight is 435 g/mol. The van der Waals surface area contributed by atoms with Crippen LogP contribution in [-0.4, -0.2) is 46.0 Å². The number of carbonyl (C=O) groups excluding carboxylic acids is 1. The van der Waals surface area contributed by atoms with Gasteiger partial charge >= 0.3 is 5.69 Å². The van der Waals surface area contributed by atoms with E-state index in [4.69, 9.17) is 25.3 Å². The summed E-state index contributed by atoms with van der Waals surface area (Å²) in [4.78, 5) is 30.6. The Balaban J connectivity index is 1.44. The molecule has 2 aliphatic heterocycles. The Labute approximate surface area is 194 Å². The molecule has 156 valence electrons. The number of imidazole rings is 1. The van der Waals surface area contributed by atoms with Gasteiger partial charge in [-0.25, -0.2) is 4.79 Å². The van der Waals surface area contributed by atoms with Crippen molar-refractivity contribution in [1.29, 1.82) is 0 Å². The summed E-state index contributed by atoms with van der Waals surface area (Å²) in [6.45, 7) is -6.37. The van der Waals surface area contributed by atoms with Gasteiger partial charge in [0.1, 0.15) is 0 Å². The van der Waals surface area contributed by atoms with Crippen molar-refractivity contribution in [3.63, 3.8) is 0 Å². The second-order valence-electron chi connectivity index (χ2n) is 7.27. The van der Waals surface area contributed by atoms with Crippen LogP contribution in [0.2, 0.25) is 5.02 Å². The van der Waals surface area contributed by atoms with E-state index in [2.05, 4.69) is 4.98 Å². The van der Waals surface area contributed by atoms with Gasteiger partial charge in [-0.3, -0.25) is 9.36 Å². The number of rotatable bonds is 5. The predicted octanol–water partition coefficient (Wildman–Crippen LogP) is 3.43. The molecule has 2 aliphatic rings. The Morgan fingerprint density at radius 3 is 2.80 bits per heavy atom. The summed E-state index contributed by atoms with van der Waals surface area (Å²) < 4.78 is 84.1. The molecule has 6 nitrogen and oxygen atoms in total. The number of likely N-dealkylation sites (tertiary alicyclic amines) is 1. The minimum Gasteiger partial charge on any atom is -0.309 e. The molecule has 1 amide bonds. The van der Waals surface area contributed by atoms with Crippen molar-refractivity contribution in [2.24, 2.45) is 0 Å². The van der Waals surface area contributed by atoms with Crippen molar-refractivity contribution >= 4 is 34.2 Å². The number of aryl methyl sites for hydroxylation is 1. The van der Waals surface area contributed by atoms with Gasteiger partial charge in [-0.15, -0.1) is 0 Å². The Bertz CT molecular complexity index is 1600. The van der Waals surface area contributed by atoms with Gasteiger partial charge in [-0.1, -0.05) is 23.7 Å². The van der Waals surface area contributed by atoms with Gasteiger partial charge in [0.2, 0.25) is 5.91 Å². The lowest BCUT2D eigenvalue weighted by molar-refractivity contribution is -0.118. The normalized spacial score (nSPS) is 24.0. The molecule has 1 fully saturated rings. The van der Waals surface area contributed by atoms with E-state index in [1.54, 1.807) is 23.1 Å². The van der Waals surface area contributed by atoms with E-state index >= 15 is 0 Å². The summed E-state index contributed by atoms with van der Waals surface area (Å²) in [6, 6.07) is 2.10. The molecule has 3 aromatic rings. The highest BCUT2D eigenvalue weighted by molar-refractivity contribution is 6.30. The van der Waals surface area contributed by atoms with Crippen LogP contribution in [0.5, 0.6) is 0 Å². The quantitative estimate of drug-likeness (QED) is 0.669. The molecule has 0 bridgehead atoms. The fourth-order valence-corrected chi connectivity index (χ4v) is 4.24. The molecule has 0 radical (unpaired) electrons. The summed E-state index contributed by atoms with van der Waals surface area (Å²) in [5.41, 5.74) is -0.718. The van der Waals surface area contributed by atoms with Crippen LogP contribution in [0, 0.1) is 0 Å². The van der Waals surface area contributed by atoms with Gasteiger partial charge in [0.05, 0.1) is 22.9 Å². The number of hydrogen-bond donors (Lipinski definition) is 1. The first-order valence-electron chi connectivity index (χ1n) is 14.6. The first kappa shape index (κ1) is 11.2. The number of halogens is 1. The highest BCUT2D eigenvalue weighted by Crippen LogP contribution is 2.35. The topological polar surface area (TPSA) is 61.3 Å². The SMILES string of the molecule is [2H]c1c([2H])c([2H])c2c([nH]c(=O)n2C([2H])([2H])C([2H])([2H])C([2H])([2H])N2CCC(N3C(=O)Cc4cc(Cl)ccc43)CC2)c1[2H]. The number of piperidine rings is 1. The van der Waals surface area contributed by atoms with Gasteiger partial charge in [0.25, 0.3) is 0 Å². The van der Waals surface area contributed by atoms with Crippen molar-refractivity contribution in [2.45, 2.75) is 38.2 Å². The van der Waals surface area contributed by atoms with E-state index in [9.17, 15) is 9.59 Å². The fourth-order valence-electron chi connectivity index (χ4n) is 4.04. The van der Waals surface area contributed by atoms with E-state index in [1.807, 2.05) is 0 Å². The van der Waals surface area contributed by atoms with Gasteiger partial charge in [0, 0.05) is 44.6 Å². The molecule has 1 N–H and O–H groups in total. The third-order valence-electron chi connectivity index (χ3n) is 5.45. The molecule has 5 rings (SSSR count). The lowest BCUT2D eigenvalue weighted by Crippen LogP contribution is -2.46. The van der Waals surface area contributed by atoms with Crippen LogP contribution in [0.1, 0.15) is 38.5 Å². The van der Waals surface area contributed by atoms with Crippen LogP contribution in [0.25, 0.3) is 11.0 Å². The summed E-state index contributed by atoms with van der Waals surface area (Å²) in [6.07, 6.45) is -2.62. The predicted molar refractivity (Wildman–Crippen MR) is 119 cm³/mol. The molecule has 30 heavy (non-hydrogen) atoms. The third-order valence-corrected chi connectivity index (χ3v) is 5.68. The maximum Gasteiger partial charge on any atom is 0.326 e. The summed E-state index contributed by atoms with van der Waals surface area (Å²) in [7, 11) is 0. The molecule has 2 aromatic carbocycles. The average Bonchev–Trinajstić information content (AvgIpc) is 3.41. The molecule has 0 aliphatic carbocycles. The minimum absolute atomic E-state index is 0.0115. The molecule has 1 saturated heterocycles. The lowest BCUT2D eigenvalue weighted by atomic mass is 10.0. The van der Waals surface area contributed by atoms with Crippen molar-refractivity contribution in [3.8, 4) is 0 Å². The third kappa shape index (κ3) is 3.55. The number of nitrogens with zero attached hydrogens (tertiary/aromatic N) is 3. The van der Waals surface area contributed by atoms with E-state index in [-0.39, 0.29) is 48.9 Å².